The molecule has 0 aliphatic rings. The van der Waals surface area contributed by atoms with E-state index in [4.69, 9.17) is 10.5 Å². The highest BCUT2D eigenvalue weighted by Crippen LogP contribution is 2.39. The summed E-state index contributed by atoms with van der Waals surface area (Å²) in [6.45, 7) is 9.06. The smallest absolute Gasteiger partial charge is 0.131 e. The molecule has 3 N–H and O–H groups in total. The molecule has 0 saturated carbocycles. The van der Waals surface area contributed by atoms with E-state index in [2.05, 4.69) is 49.8 Å². The summed E-state index contributed by atoms with van der Waals surface area (Å²) in [4.78, 5) is 7.52. The summed E-state index contributed by atoms with van der Waals surface area (Å²) < 4.78 is 5.68. The van der Waals surface area contributed by atoms with Crippen molar-refractivity contribution in [2.45, 2.75) is 39.7 Å². The molecular formula is C16H23N3O. The Kier molecular flexibility index (Phi) is 3.86. The molecule has 0 atom stereocenters. The predicted molar refractivity (Wildman–Crippen MR) is 81.9 cm³/mol. The first-order valence-electron chi connectivity index (χ1n) is 6.80. The maximum absolute atomic E-state index is 5.68. The van der Waals surface area contributed by atoms with E-state index in [-0.39, 0.29) is 5.41 Å². The predicted octanol–water partition coefficient (Wildman–Crippen LogP) is 3.15. The molecule has 0 saturated heterocycles. The Bertz CT molecular complexity index is 609. The number of ether oxygens (including phenoxy) is 1. The summed E-state index contributed by atoms with van der Waals surface area (Å²) in [5.74, 6) is 1.68. The van der Waals surface area contributed by atoms with E-state index in [1.54, 1.807) is 7.11 Å². The third-order valence-electron chi connectivity index (χ3n) is 3.36. The van der Waals surface area contributed by atoms with Gasteiger partial charge < -0.3 is 15.5 Å². The van der Waals surface area contributed by atoms with Crippen LogP contribution in [0, 0.1) is 6.92 Å². The van der Waals surface area contributed by atoms with Crippen LogP contribution in [0.4, 0.5) is 0 Å². The van der Waals surface area contributed by atoms with Gasteiger partial charge in [-0.25, -0.2) is 4.98 Å². The maximum Gasteiger partial charge on any atom is 0.131 e. The number of aromatic nitrogens is 2. The highest BCUT2D eigenvalue weighted by molar-refractivity contribution is 5.71. The van der Waals surface area contributed by atoms with Crippen molar-refractivity contribution in [3.05, 3.63) is 35.3 Å². The van der Waals surface area contributed by atoms with Crippen molar-refractivity contribution >= 4 is 0 Å². The Hall–Kier alpha value is -1.81. The Morgan fingerprint density at radius 3 is 2.50 bits per heavy atom. The molecular weight excluding hydrogens is 250 g/mol. The average Bonchev–Trinajstić information content (AvgIpc) is 2.85. The molecule has 0 spiro atoms. The fourth-order valence-electron chi connectivity index (χ4n) is 2.35. The molecule has 0 amide bonds. The van der Waals surface area contributed by atoms with Gasteiger partial charge in [-0.15, -0.1) is 0 Å². The van der Waals surface area contributed by atoms with Crippen LogP contribution in [0.5, 0.6) is 5.75 Å². The second kappa shape index (κ2) is 5.29. The molecule has 20 heavy (non-hydrogen) atoms. The molecule has 0 bridgehead atoms. The number of rotatable bonds is 3. The van der Waals surface area contributed by atoms with Crippen molar-refractivity contribution in [1.29, 1.82) is 0 Å². The molecule has 2 aromatic rings. The zero-order chi connectivity index (χ0) is 14.9. The number of H-pyrrole nitrogens is 1. The number of benzene rings is 1. The fourth-order valence-corrected chi connectivity index (χ4v) is 2.35. The number of nitrogens with zero attached hydrogens (tertiary/aromatic N) is 1. The van der Waals surface area contributed by atoms with Crippen molar-refractivity contribution in [2.24, 2.45) is 5.73 Å². The maximum atomic E-state index is 5.68. The van der Waals surface area contributed by atoms with Crippen LogP contribution in [-0.2, 0) is 12.0 Å². The van der Waals surface area contributed by atoms with Gasteiger partial charge in [-0.3, -0.25) is 0 Å². The lowest BCUT2D eigenvalue weighted by Crippen LogP contribution is -2.13. The van der Waals surface area contributed by atoms with E-state index in [9.17, 15) is 0 Å². The third kappa shape index (κ3) is 2.70. The van der Waals surface area contributed by atoms with Crippen LogP contribution in [0.3, 0.4) is 0 Å². The van der Waals surface area contributed by atoms with Gasteiger partial charge in [0.2, 0.25) is 0 Å². The van der Waals surface area contributed by atoms with Gasteiger partial charge in [0.05, 0.1) is 25.5 Å². The zero-order valence-electron chi connectivity index (χ0n) is 12.9. The number of hydrogen-bond acceptors (Lipinski definition) is 3. The van der Waals surface area contributed by atoms with Crippen LogP contribution in [0.1, 0.15) is 37.7 Å². The number of imidazole rings is 1. The van der Waals surface area contributed by atoms with Crippen LogP contribution in [0.2, 0.25) is 0 Å². The molecule has 108 valence electrons. The number of hydrogen-bond donors (Lipinski definition) is 2. The van der Waals surface area contributed by atoms with Crippen molar-refractivity contribution in [2.75, 3.05) is 7.11 Å². The van der Waals surface area contributed by atoms with E-state index in [0.29, 0.717) is 6.54 Å². The van der Waals surface area contributed by atoms with Gasteiger partial charge in [0.25, 0.3) is 0 Å². The molecule has 1 heterocycles. The first kappa shape index (κ1) is 14.6. The minimum absolute atomic E-state index is 0.0167. The monoisotopic (exact) mass is 273 g/mol. The largest absolute Gasteiger partial charge is 0.496 e. The molecule has 0 aliphatic heterocycles. The highest BCUT2D eigenvalue weighted by Gasteiger charge is 2.23. The van der Waals surface area contributed by atoms with Crippen LogP contribution in [0.25, 0.3) is 11.3 Å². The van der Waals surface area contributed by atoms with Crippen molar-refractivity contribution < 1.29 is 4.74 Å². The van der Waals surface area contributed by atoms with Crippen LogP contribution in [0.15, 0.2) is 18.3 Å². The molecule has 4 heteroatoms. The van der Waals surface area contributed by atoms with E-state index in [1.807, 2.05) is 6.20 Å². The number of nitrogens with one attached hydrogen (secondary N) is 1. The van der Waals surface area contributed by atoms with Gasteiger partial charge in [-0.1, -0.05) is 26.8 Å². The van der Waals surface area contributed by atoms with Crippen LogP contribution < -0.4 is 10.5 Å². The van der Waals surface area contributed by atoms with E-state index >= 15 is 0 Å². The number of methoxy groups -OCH3 is 1. The molecule has 0 radical (unpaired) electrons. The van der Waals surface area contributed by atoms with Crippen LogP contribution in [-0.4, -0.2) is 17.1 Å². The summed E-state index contributed by atoms with van der Waals surface area (Å²) >= 11 is 0. The average molecular weight is 273 g/mol. The first-order valence-corrected chi connectivity index (χ1v) is 6.80. The second-order valence-corrected chi connectivity index (χ2v) is 6.09. The normalized spacial score (nSPS) is 11.7. The topological polar surface area (TPSA) is 63.9 Å². The van der Waals surface area contributed by atoms with Gasteiger partial charge in [-0.05, 0) is 24.0 Å². The zero-order valence-corrected chi connectivity index (χ0v) is 12.9. The lowest BCUT2D eigenvalue weighted by molar-refractivity contribution is 0.399. The molecule has 1 aromatic heterocycles. The summed E-state index contributed by atoms with van der Waals surface area (Å²) in [5.41, 5.74) is 10.0. The molecule has 0 aliphatic carbocycles. The molecule has 0 unspecified atom stereocenters. The quantitative estimate of drug-likeness (QED) is 0.903. The van der Waals surface area contributed by atoms with E-state index in [1.165, 1.54) is 11.1 Å². The van der Waals surface area contributed by atoms with Crippen molar-refractivity contribution in [3.8, 4) is 17.0 Å². The summed E-state index contributed by atoms with van der Waals surface area (Å²) in [7, 11) is 1.71. The van der Waals surface area contributed by atoms with Gasteiger partial charge in [0.15, 0.2) is 0 Å². The number of aryl methyl sites for hydroxylation is 1. The number of nitrogens with two attached hydrogens (primary N) is 1. The number of aromatic amines is 1. The van der Waals surface area contributed by atoms with E-state index < -0.39 is 0 Å². The molecule has 1 aromatic carbocycles. The Morgan fingerprint density at radius 2 is 2.00 bits per heavy atom. The van der Waals surface area contributed by atoms with Gasteiger partial charge in [-0.2, -0.15) is 0 Å². The van der Waals surface area contributed by atoms with Crippen molar-refractivity contribution in [3.63, 3.8) is 0 Å². The molecule has 4 nitrogen and oxygen atoms in total. The van der Waals surface area contributed by atoms with Gasteiger partial charge >= 0.3 is 0 Å². The molecule has 2 rings (SSSR count). The minimum atomic E-state index is 0.0167. The third-order valence-corrected chi connectivity index (χ3v) is 3.36. The first-order chi connectivity index (χ1) is 9.36. The Labute approximate surface area is 120 Å². The highest BCUT2D eigenvalue weighted by atomic mass is 16.5. The van der Waals surface area contributed by atoms with Crippen LogP contribution >= 0.6 is 0 Å². The summed E-state index contributed by atoms with van der Waals surface area (Å²) in [6.07, 6.45) is 1.81. The fraction of sp³-hybridized carbons (Fsp3) is 0.438. The lowest BCUT2D eigenvalue weighted by atomic mass is 9.83. The second-order valence-electron chi connectivity index (χ2n) is 6.09. The Balaban J connectivity index is 2.66. The van der Waals surface area contributed by atoms with Gasteiger partial charge in [0, 0.05) is 11.1 Å². The summed E-state index contributed by atoms with van der Waals surface area (Å²) in [6, 6.07) is 4.30. The summed E-state index contributed by atoms with van der Waals surface area (Å²) in [5, 5.41) is 0. The van der Waals surface area contributed by atoms with E-state index in [0.717, 1.165) is 22.8 Å². The van der Waals surface area contributed by atoms with Gasteiger partial charge in [0.1, 0.15) is 11.6 Å². The minimum Gasteiger partial charge on any atom is -0.496 e. The molecule has 0 fully saturated rings. The lowest BCUT2D eigenvalue weighted by Gasteiger charge is -2.24. The van der Waals surface area contributed by atoms with Crippen molar-refractivity contribution in [1.82, 2.24) is 9.97 Å². The SMILES string of the molecule is COc1c(-c2cnc(CN)[nH]2)cc(C)cc1C(C)(C)C. The Morgan fingerprint density at radius 1 is 1.30 bits per heavy atom. The standard InChI is InChI=1S/C16H23N3O/c1-10-6-11(13-9-18-14(8-17)19-13)15(20-5)12(7-10)16(2,3)4/h6-7,9H,8,17H2,1-5H3,(H,18,19).